The van der Waals surface area contributed by atoms with E-state index in [4.69, 9.17) is 16.7 Å². The predicted molar refractivity (Wildman–Crippen MR) is 122 cm³/mol. The van der Waals surface area contributed by atoms with Crippen molar-refractivity contribution in [2.45, 2.75) is 19.0 Å². The zero-order chi connectivity index (χ0) is 23.4. The fourth-order valence-corrected chi connectivity index (χ4v) is 3.43. The van der Waals surface area contributed by atoms with Crippen LogP contribution in [0.5, 0.6) is 0 Å². The third-order valence-electron chi connectivity index (χ3n) is 5.04. The Hall–Kier alpha value is -4.35. The van der Waals surface area contributed by atoms with Crippen molar-refractivity contribution in [1.29, 1.82) is 0 Å². The number of hydrogen-bond donors (Lipinski definition) is 5. The Morgan fingerprint density at radius 2 is 1.79 bits per heavy atom. The molecule has 0 aliphatic carbocycles. The molecule has 11 heteroatoms. The van der Waals surface area contributed by atoms with Crippen LogP contribution in [0.2, 0.25) is 0 Å². The van der Waals surface area contributed by atoms with E-state index < -0.39 is 11.9 Å². The van der Waals surface area contributed by atoms with E-state index in [1.807, 2.05) is 30.3 Å². The second-order valence-electron chi connectivity index (χ2n) is 7.36. The Balaban J connectivity index is 1.51. The van der Waals surface area contributed by atoms with E-state index in [1.54, 1.807) is 24.3 Å². The highest BCUT2D eigenvalue weighted by Crippen LogP contribution is 2.29. The van der Waals surface area contributed by atoms with Crippen molar-refractivity contribution in [3.63, 3.8) is 0 Å². The zero-order valence-corrected chi connectivity index (χ0v) is 17.5. The number of anilines is 2. The van der Waals surface area contributed by atoms with Gasteiger partial charge in [0.25, 0.3) is 5.91 Å². The first kappa shape index (κ1) is 21.9. The second kappa shape index (κ2) is 9.42. The van der Waals surface area contributed by atoms with Crippen molar-refractivity contribution in [2.75, 3.05) is 11.1 Å². The molecule has 1 atom stereocenters. The topological polar surface area (TPSA) is 174 Å². The van der Waals surface area contributed by atoms with Gasteiger partial charge in [0.15, 0.2) is 5.65 Å². The molecule has 0 fully saturated rings. The van der Waals surface area contributed by atoms with E-state index in [9.17, 15) is 9.59 Å². The van der Waals surface area contributed by atoms with Crippen LogP contribution in [0.1, 0.15) is 5.56 Å². The number of nitrogens with one attached hydrogen (secondary N) is 2. The largest absolute Gasteiger partial charge is 0.383 e. The number of nitrogens with zero attached hydrogens (tertiary/aromatic N) is 4. The summed E-state index contributed by atoms with van der Waals surface area (Å²) in [5, 5.41) is 16.6. The lowest BCUT2D eigenvalue weighted by atomic mass is 10.1. The van der Waals surface area contributed by atoms with Gasteiger partial charge in [-0.15, -0.1) is 0 Å². The Labute approximate surface area is 188 Å². The molecular formula is C22H22N8O3. The first-order chi connectivity index (χ1) is 16.0. The average molecular weight is 446 g/mol. The maximum atomic E-state index is 12.7. The molecule has 0 radical (unpaired) electrons. The van der Waals surface area contributed by atoms with Crippen LogP contribution in [0.25, 0.3) is 22.3 Å². The number of nitrogen functional groups attached to an aromatic ring is 1. The van der Waals surface area contributed by atoms with Gasteiger partial charge in [-0.2, -0.15) is 5.10 Å². The summed E-state index contributed by atoms with van der Waals surface area (Å²) >= 11 is 0. The van der Waals surface area contributed by atoms with E-state index in [1.165, 1.54) is 16.5 Å². The Morgan fingerprint density at radius 1 is 1.06 bits per heavy atom. The molecule has 11 nitrogen and oxygen atoms in total. The third kappa shape index (κ3) is 4.79. The van der Waals surface area contributed by atoms with Gasteiger partial charge in [0, 0.05) is 11.3 Å². The van der Waals surface area contributed by atoms with Gasteiger partial charge in [-0.1, -0.05) is 42.5 Å². The Kier molecular flexibility index (Phi) is 6.24. The smallest absolute Gasteiger partial charge is 0.260 e. The van der Waals surface area contributed by atoms with Crippen molar-refractivity contribution in [2.24, 2.45) is 5.73 Å². The van der Waals surface area contributed by atoms with Gasteiger partial charge in [-0.25, -0.2) is 20.1 Å². The molecular weight excluding hydrogens is 424 g/mol. The van der Waals surface area contributed by atoms with Gasteiger partial charge >= 0.3 is 0 Å². The van der Waals surface area contributed by atoms with Crippen molar-refractivity contribution in [1.82, 2.24) is 25.2 Å². The zero-order valence-electron chi connectivity index (χ0n) is 17.5. The maximum absolute atomic E-state index is 12.7. The van der Waals surface area contributed by atoms with Gasteiger partial charge in [-0.05, 0) is 24.1 Å². The van der Waals surface area contributed by atoms with Crippen LogP contribution in [0.15, 0.2) is 60.9 Å². The Morgan fingerprint density at radius 3 is 2.48 bits per heavy atom. The number of nitrogens with two attached hydrogens (primary N) is 2. The highest BCUT2D eigenvalue weighted by Gasteiger charge is 2.18. The van der Waals surface area contributed by atoms with Gasteiger partial charge in [0.2, 0.25) is 5.91 Å². The first-order valence-electron chi connectivity index (χ1n) is 10.1. The highest BCUT2D eigenvalue weighted by atomic mass is 16.5. The van der Waals surface area contributed by atoms with Crippen LogP contribution >= 0.6 is 0 Å². The summed E-state index contributed by atoms with van der Waals surface area (Å²) in [6.07, 6.45) is 1.58. The number of fused-ring (bicyclic) bond motifs is 1. The van der Waals surface area contributed by atoms with Crippen molar-refractivity contribution in [3.8, 4) is 11.3 Å². The summed E-state index contributed by atoms with van der Waals surface area (Å²) in [7, 11) is 0. The number of rotatable bonds is 7. The molecule has 7 N–H and O–H groups in total. The fraction of sp³-hybridized carbons (Fsp3) is 0.136. The van der Waals surface area contributed by atoms with Gasteiger partial charge in [-0.3, -0.25) is 14.8 Å². The molecule has 2 aromatic heterocycles. The van der Waals surface area contributed by atoms with Crippen LogP contribution in [0, 0.1) is 0 Å². The van der Waals surface area contributed by atoms with Crippen molar-refractivity contribution >= 4 is 34.4 Å². The predicted octanol–water partition coefficient (Wildman–Crippen LogP) is 1.09. The van der Waals surface area contributed by atoms with E-state index >= 15 is 0 Å². The van der Waals surface area contributed by atoms with Gasteiger partial charge in [0.1, 0.15) is 24.4 Å². The van der Waals surface area contributed by atoms with E-state index in [-0.39, 0.29) is 24.7 Å². The lowest BCUT2D eigenvalue weighted by molar-refractivity contribution is -0.130. The minimum atomic E-state index is -0.878. The van der Waals surface area contributed by atoms with Crippen LogP contribution in [0.4, 0.5) is 11.5 Å². The second-order valence-corrected chi connectivity index (χ2v) is 7.36. The monoisotopic (exact) mass is 446 g/mol. The van der Waals surface area contributed by atoms with E-state index in [2.05, 4.69) is 20.4 Å². The van der Waals surface area contributed by atoms with E-state index in [0.29, 0.717) is 22.4 Å². The summed E-state index contributed by atoms with van der Waals surface area (Å²) in [6, 6.07) is 15.5. The molecule has 1 unspecified atom stereocenters. The molecule has 0 spiro atoms. The molecule has 0 saturated heterocycles. The lowest BCUT2D eigenvalue weighted by Gasteiger charge is -2.10. The molecule has 2 amide bonds. The van der Waals surface area contributed by atoms with Crippen LogP contribution < -0.4 is 22.3 Å². The molecule has 0 aliphatic rings. The number of aromatic nitrogens is 4. The summed E-state index contributed by atoms with van der Waals surface area (Å²) in [5.41, 5.74) is 16.6. The third-order valence-corrected chi connectivity index (χ3v) is 5.04. The normalized spacial score (nSPS) is 11.8. The number of hydrogen-bond acceptors (Lipinski definition) is 8. The molecule has 2 heterocycles. The summed E-state index contributed by atoms with van der Waals surface area (Å²) < 4.78 is 1.49. The number of hydroxylamine groups is 1. The average Bonchev–Trinajstić information content (AvgIpc) is 3.19. The van der Waals surface area contributed by atoms with Crippen molar-refractivity contribution < 1.29 is 14.8 Å². The van der Waals surface area contributed by atoms with Crippen LogP contribution in [-0.2, 0) is 22.6 Å². The minimum Gasteiger partial charge on any atom is -0.383 e. The molecule has 0 bridgehead atoms. The minimum absolute atomic E-state index is 0.0803. The Bertz CT molecular complexity index is 1290. The van der Waals surface area contributed by atoms with Gasteiger partial charge < -0.3 is 16.8 Å². The van der Waals surface area contributed by atoms with Crippen LogP contribution in [0.3, 0.4) is 0 Å². The number of carbonyl (C=O) groups excluding carboxylic acids is 2. The quantitative estimate of drug-likeness (QED) is 0.207. The molecule has 4 rings (SSSR count). The highest BCUT2D eigenvalue weighted by molar-refractivity contribution is 5.99. The summed E-state index contributed by atoms with van der Waals surface area (Å²) in [5.74, 6) is -0.687. The summed E-state index contributed by atoms with van der Waals surface area (Å²) in [4.78, 5) is 32.4. The van der Waals surface area contributed by atoms with Gasteiger partial charge in [0.05, 0.1) is 11.4 Å². The van der Waals surface area contributed by atoms with Crippen LogP contribution in [-0.4, -0.2) is 42.8 Å². The number of amides is 2. The molecule has 2 aromatic carbocycles. The fourth-order valence-electron chi connectivity index (χ4n) is 3.43. The lowest BCUT2D eigenvalue weighted by Crippen LogP contribution is -2.40. The molecule has 0 aliphatic heterocycles. The number of carbonyl (C=O) groups is 2. The molecule has 0 saturated carbocycles. The molecule has 4 aromatic rings. The SMILES string of the molecule is Nc1ncnc2c1c(-c1ccccc1)nn2CC(=O)Nc1ccc(CC(N)C(=O)NO)cc1. The molecule has 168 valence electrons. The number of benzene rings is 2. The molecule has 33 heavy (non-hydrogen) atoms. The maximum Gasteiger partial charge on any atom is 0.260 e. The standard InChI is InChI=1S/C22H22N8O3/c23-16(22(32)29-33)10-13-6-8-15(9-7-13)27-17(31)11-30-21-18(20(24)25-12-26-21)19(28-30)14-4-2-1-3-5-14/h1-9,12,16,33H,10-11,23H2,(H,27,31)(H,29,32)(H2,24,25,26). The summed E-state index contributed by atoms with van der Waals surface area (Å²) in [6.45, 7) is -0.0803. The first-order valence-corrected chi connectivity index (χ1v) is 10.1. The van der Waals surface area contributed by atoms with Crippen molar-refractivity contribution in [3.05, 3.63) is 66.5 Å². The van der Waals surface area contributed by atoms with E-state index in [0.717, 1.165) is 11.1 Å².